The van der Waals surface area contributed by atoms with Crippen LogP contribution in [0.2, 0.25) is 0 Å². The fourth-order valence-electron chi connectivity index (χ4n) is 3.52. The van der Waals surface area contributed by atoms with Gasteiger partial charge >= 0.3 is 11.8 Å². The van der Waals surface area contributed by atoms with E-state index in [0.717, 1.165) is 11.3 Å². The molecule has 3 aromatic rings. The zero-order valence-electron chi connectivity index (χ0n) is 17.4. The van der Waals surface area contributed by atoms with Crippen molar-refractivity contribution in [1.29, 1.82) is 0 Å². The molecule has 0 saturated carbocycles. The summed E-state index contributed by atoms with van der Waals surface area (Å²) in [5, 5.41) is 4.70. The third-order valence-corrected chi connectivity index (χ3v) is 4.92. The van der Waals surface area contributed by atoms with Crippen LogP contribution in [0.15, 0.2) is 35.4 Å². The number of benzene rings is 1. The number of fused-ring (bicyclic) bond motifs is 1. The van der Waals surface area contributed by atoms with Gasteiger partial charge in [-0.15, -0.1) is 0 Å². The van der Waals surface area contributed by atoms with Gasteiger partial charge in [-0.1, -0.05) is 0 Å². The Kier molecular flexibility index (Phi) is 4.76. The average Bonchev–Trinajstić information content (AvgIpc) is 3.24. The van der Waals surface area contributed by atoms with Crippen molar-refractivity contribution >= 4 is 6.09 Å². The number of halogens is 1. The Morgan fingerprint density at radius 2 is 2.07 bits per heavy atom. The maximum Gasteiger partial charge on any atom is 0.410 e. The SMILES string of the molecule is Cc1cc(-n2nc3c(c2-n2cc[nH]c2=O)CN(C(=O)OC(C)(C)C)CC3)ccc1F. The first-order chi connectivity index (χ1) is 14.1. The minimum absolute atomic E-state index is 0.261. The van der Waals surface area contributed by atoms with Crippen LogP contribution in [0.3, 0.4) is 0 Å². The first-order valence-corrected chi connectivity index (χ1v) is 9.75. The van der Waals surface area contributed by atoms with Crippen LogP contribution in [0.4, 0.5) is 9.18 Å². The highest BCUT2D eigenvalue weighted by Crippen LogP contribution is 2.28. The number of nitrogens with one attached hydrogen (secondary N) is 1. The molecule has 0 unspecified atom stereocenters. The predicted octanol–water partition coefficient (Wildman–Crippen LogP) is 3.09. The molecule has 4 rings (SSSR count). The highest BCUT2D eigenvalue weighted by Gasteiger charge is 2.31. The maximum atomic E-state index is 13.8. The highest BCUT2D eigenvalue weighted by atomic mass is 19.1. The molecule has 1 amide bonds. The summed E-state index contributed by atoms with van der Waals surface area (Å²) in [4.78, 5) is 29.3. The Bertz CT molecular complexity index is 1170. The lowest BCUT2D eigenvalue weighted by atomic mass is 10.1. The number of amides is 1. The lowest BCUT2D eigenvalue weighted by Gasteiger charge is -2.29. The van der Waals surface area contributed by atoms with Gasteiger partial charge in [0.15, 0.2) is 0 Å². The lowest BCUT2D eigenvalue weighted by Crippen LogP contribution is -2.40. The van der Waals surface area contributed by atoms with E-state index in [2.05, 4.69) is 4.98 Å². The zero-order valence-corrected chi connectivity index (χ0v) is 17.4. The van der Waals surface area contributed by atoms with Gasteiger partial charge in [-0.05, 0) is 51.5 Å². The van der Waals surface area contributed by atoms with E-state index < -0.39 is 11.7 Å². The van der Waals surface area contributed by atoms with Crippen molar-refractivity contribution in [3.63, 3.8) is 0 Å². The quantitative estimate of drug-likeness (QED) is 0.700. The summed E-state index contributed by atoms with van der Waals surface area (Å²) in [7, 11) is 0. The molecule has 1 aliphatic rings. The van der Waals surface area contributed by atoms with Crippen LogP contribution in [0, 0.1) is 12.7 Å². The van der Waals surface area contributed by atoms with Crippen molar-refractivity contribution < 1.29 is 13.9 Å². The van der Waals surface area contributed by atoms with Gasteiger partial charge in [0.2, 0.25) is 0 Å². The van der Waals surface area contributed by atoms with E-state index in [-0.39, 0.29) is 18.1 Å². The van der Waals surface area contributed by atoms with Crippen molar-refractivity contribution in [3.05, 3.63) is 63.7 Å². The monoisotopic (exact) mass is 413 g/mol. The highest BCUT2D eigenvalue weighted by molar-refractivity contribution is 5.69. The second-order valence-corrected chi connectivity index (χ2v) is 8.38. The molecule has 30 heavy (non-hydrogen) atoms. The van der Waals surface area contributed by atoms with Crippen molar-refractivity contribution in [3.8, 4) is 11.5 Å². The second-order valence-electron chi connectivity index (χ2n) is 8.38. The molecule has 9 heteroatoms. The van der Waals surface area contributed by atoms with Crippen molar-refractivity contribution in [2.45, 2.75) is 46.3 Å². The lowest BCUT2D eigenvalue weighted by molar-refractivity contribution is 0.0223. The van der Waals surface area contributed by atoms with Crippen molar-refractivity contribution in [1.82, 2.24) is 24.2 Å². The van der Waals surface area contributed by atoms with Crippen LogP contribution >= 0.6 is 0 Å². The summed E-state index contributed by atoms with van der Waals surface area (Å²) < 4.78 is 22.4. The number of H-pyrrole nitrogens is 1. The number of nitrogens with zero attached hydrogens (tertiary/aromatic N) is 4. The maximum absolute atomic E-state index is 13.8. The van der Waals surface area contributed by atoms with Crippen LogP contribution < -0.4 is 5.69 Å². The van der Waals surface area contributed by atoms with Gasteiger partial charge in [0, 0.05) is 30.9 Å². The summed E-state index contributed by atoms with van der Waals surface area (Å²) in [6.07, 6.45) is 3.26. The molecule has 0 saturated heterocycles. The first-order valence-electron chi connectivity index (χ1n) is 9.75. The first kappa shape index (κ1) is 19.9. The average molecular weight is 413 g/mol. The fourth-order valence-corrected chi connectivity index (χ4v) is 3.52. The van der Waals surface area contributed by atoms with Crippen LogP contribution in [0.5, 0.6) is 0 Å². The van der Waals surface area contributed by atoms with E-state index in [1.807, 2.05) is 20.8 Å². The van der Waals surface area contributed by atoms with Gasteiger partial charge in [0.1, 0.15) is 17.2 Å². The molecular weight excluding hydrogens is 389 g/mol. The smallest absolute Gasteiger partial charge is 0.410 e. The molecule has 1 aromatic carbocycles. The molecular formula is C21H24FN5O3. The summed E-state index contributed by atoms with van der Waals surface area (Å²) in [5.41, 5.74) is 1.73. The largest absolute Gasteiger partial charge is 0.444 e. The Morgan fingerprint density at radius 3 is 2.70 bits per heavy atom. The minimum atomic E-state index is -0.604. The van der Waals surface area contributed by atoms with Crippen LogP contribution in [-0.4, -0.2) is 42.5 Å². The molecule has 0 spiro atoms. The Morgan fingerprint density at radius 1 is 1.30 bits per heavy atom. The molecule has 1 aliphatic heterocycles. The Hall–Kier alpha value is -3.36. The molecule has 0 fully saturated rings. The molecule has 0 bridgehead atoms. The molecule has 0 atom stereocenters. The summed E-state index contributed by atoms with van der Waals surface area (Å²) in [6.45, 7) is 7.86. The molecule has 8 nitrogen and oxygen atoms in total. The van der Waals surface area contributed by atoms with Gasteiger partial charge in [0.05, 0.1) is 17.9 Å². The minimum Gasteiger partial charge on any atom is -0.444 e. The summed E-state index contributed by atoms with van der Waals surface area (Å²) in [6, 6.07) is 4.68. The number of hydrogen-bond acceptors (Lipinski definition) is 4. The molecule has 1 N–H and O–H groups in total. The molecule has 0 aliphatic carbocycles. The topological polar surface area (TPSA) is 85.2 Å². The number of rotatable bonds is 2. The predicted molar refractivity (Wildman–Crippen MR) is 109 cm³/mol. The van der Waals surface area contributed by atoms with Crippen molar-refractivity contribution in [2.75, 3.05) is 6.54 Å². The zero-order chi connectivity index (χ0) is 21.6. The van der Waals surface area contributed by atoms with Gasteiger partial charge in [-0.2, -0.15) is 5.10 Å². The van der Waals surface area contributed by atoms with Gasteiger partial charge in [-0.3, -0.25) is 4.57 Å². The third kappa shape index (κ3) is 3.62. The van der Waals surface area contributed by atoms with E-state index in [0.29, 0.717) is 30.0 Å². The fraction of sp³-hybridized carbons (Fsp3) is 0.381. The van der Waals surface area contributed by atoms with Gasteiger partial charge < -0.3 is 14.6 Å². The number of aryl methyl sites for hydroxylation is 1. The number of aromatic amines is 1. The van der Waals surface area contributed by atoms with E-state index in [9.17, 15) is 14.0 Å². The number of aromatic nitrogens is 4. The standard InChI is InChI=1S/C21H24FN5O3/c1-13-11-14(5-6-16(13)22)27-18(26-10-8-23-19(26)28)15-12-25(9-7-17(15)24-27)20(29)30-21(2,3)4/h5-6,8,10-11H,7,9,12H2,1-4H3,(H,23,28). The van der Waals surface area contributed by atoms with E-state index in [1.54, 1.807) is 34.8 Å². The van der Waals surface area contributed by atoms with Gasteiger partial charge in [0.25, 0.3) is 0 Å². The van der Waals surface area contributed by atoms with Crippen molar-refractivity contribution in [2.24, 2.45) is 0 Å². The number of hydrogen-bond donors (Lipinski definition) is 1. The Balaban J connectivity index is 1.82. The van der Waals surface area contributed by atoms with Gasteiger partial charge in [-0.25, -0.2) is 18.7 Å². The summed E-state index contributed by atoms with van der Waals surface area (Å²) >= 11 is 0. The number of carbonyl (C=O) groups is 1. The normalized spacial score (nSPS) is 14.0. The van der Waals surface area contributed by atoms with E-state index in [4.69, 9.17) is 9.84 Å². The van der Waals surface area contributed by atoms with E-state index in [1.165, 1.54) is 16.8 Å². The van der Waals surface area contributed by atoms with Crippen LogP contribution in [0.25, 0.3) is 11.5 Å². The molecule has 2 aromatic heterocycles. The number of carbonyl (C=O) groups excluding carboxylic acids is 1. The molecule has 3 heterocycles. The third-order valence-electron chi connectivity index (χ3n) is 4.92. The second kappa shape index (κ2) is 7.16. The number of ether oxygens (including phenoxy) is 1. The summed E-state index contributed by atoms with van der Waals surface area (Å²) in [5.74, 6) is 0.211. The van der Waals surface area contributed by atoms with Crippen LogP contribution in [0.1, 0.15) is 37.6 Å². The van der Waals surface area contributed by atoms with E-state index >= 15 is 0 Å². The molecule has 158 valence electrons. The Labute approximate surface area is 172 Å². The number of imidazole rings is 1. The van der Waals surface area contributed by atoms with Crippen LogP contribution in [-0.2, 0) is 17.7 Å². The molecule has 0 radical (unpaired) electrons.